The molecular weight excluding hydrogens is 311 g/mol. The quantitative estimate of drug-likeness (QED) is 0.449. The minimum Gasteiger partial charge on any atom is -0.870 e. The summed E-state index contributed by atoms with van der Waals surface area (Å²) < 4.78 is 0. The van der Waals surface area contributed by atoms with E-state index >= 15 is 0 Å². The molecule has 3 rings (SSSR count). The maximum atomic E-state index is 12.1. The van der Waals surface area contributed by atoms with Crippen molar-refractivity contribution in [2.75, 3.05) is 5.32 Å². The first kappa shape index (κ1) is 18.6. The summed E-state index contributed by atoms with van der Waals surface area (Å²) in [6.07, 6.45) is 4.55. The summed E-state index contributed by atoms with van der Waals surface area (Å²) in [7, 11) is 0. The van der Waals surface area contributed by atoms with Gasteiger partial charge < -0.3 is 20.6 Å². The van der Waals surface area contributed by atoms with Gasteiger partial charge in [0.1, 0.15) is 6.33 Å². The molecule has 106 valence electrons. The summed E-state index contributed by atoms with van der Waals surface area (Å²) in [5.41, 5.74) is 2.09. The Morgan fingerprint density at radius 2 is 1.91 bits per heavy atom. The van der Waals surface area contributed by atoms with Crippen LogP contribution in [0, 0.1) is 0 Å². The number of aromatic nitrogens is 3. The zero-order valence-corrected chi connectivity index (χ0v) is 14.8. The van der Waals surface area contributed by atoms with E-state index in [1.807, 2.05) is 6.07 Å². The van der Waals surface area contributed by atoms with Crippen molar-refractivity contribution >= 4 is 28.9 Å². The number of H-pyrrole nitrogens is 1. The molecule has 0 aliphatic heterocycles. The summed E-state index contributed by atoms with van der Waals surface area (Å²) in [5.74, 6) is -0.248. The van der Waals surface area contributed by atoms with E-state index in [-0.39, 0.29) is 68.5 Å². The Hall–Kier alpha value is -1.42. The van der Waals surface area contributed by atoms with Crippen molar-refractivity contribution in [3.8, 4) is 0 Å². The fraction of sp³-hybridized carbons (Fsp3) is 0. The molecule has 1 amide bonds. The largest absolute Gasteiger partial charge is 1.00 e. The number of rotatable bonds is 3. The molecule has 0 atom stereocenters. The van der Waals surface area contributed by atoms with E-state index in [1.54, 1.807) is 36.7 Å². The summed E-state index contributed by atoms with van der Waals surface area (Å²) in [6, 6.07) is 8.83. The molecule has 0 spiro atoms. The number of aromatic amines is 1. The van der Waals surface area contributed by atoms with Crippen LogP contribution in [0.3, 0.4) is 0 Å². The average molecular weight is 321 g/mol. The molecule has 1 aromatic carbocycles. The van der Waals surface area contributed by atoms with Gasteiger partial charge >= 0.3 is 51.4 Å². The number of carbonyl (C=O) groups is 1. The molecule has 2 aromatic heterocycles. The van der Waals surface area contributed by atoms with E-state index in [0.29, 0.717) is 22.3 Å². The normalized spacial score (nSPS) is 9.45. The van der Waals surface area contributed by atoms with Crippen LogP contribution in [0.1, 0.15) is 16.1 Å². The van der Waals surface area contributed by atoms with Gasteiger partial charge in [0.25, 0.3) is 5.91 Å². The Morgan fingerprint density at radius 3 is 2.59 bits per heavy atom. The Morgan fingerprint density at radius 1 is 1.18 bits per heavy atom. The average Bonchev–Trinajstić information content (AvgIpc) is 2.91. The second kappa shape index (κ2) is 8.27. The summed E-state index contributed by atoms with van der Waals surface area (Å²) >= 11 is 0. The van der Waals surface area contributed by atoms with Crippen molar-refractivity contribution in [2.45, 2.75) is 0 Å². The predicted octanol–water partition coefficient (Wildman–Crippen LogP) is -1.50. The number of fused-ring (bicyclic) bond motifs is 1. The van der Waals surface area contributed by atoms with Gasteiger partial charge in [-0.15, -0.1) is 0 Å². The fourth-order valence-corrected chi connectivity index (χ4v) is 1.90. The van der Waals surface area contributed by atoms with Crippen LogP contribution >= 0.6 is 0 Å². The van der Waals surface area contributed by atoms with Gasteiger partial charge in [-0.2, -0.15) is 0 Å². The molecule has 0 radical (unpaired) electrons. The van der Waals surface area contributed by atoms with Crippen molar-refractivity contribution in [1.82, 2.24) is 15.0 Å². The SMILES string of the molecule is O=[C-]c1ncnc2c(NC(=O)c3ccccc3)c[nH]c12.[K+].[OH-]. The molecule has 0 aliphatic carbocycles. The number of carbonyl (C=O) groups excluding carboxylic acids is 2. The van der Waals surface area contributed by atoms with Crippen LogP contribution < -0.4 is 56.7 Å². The van der Waals surface area contributed by atoms with Crippen molar-refractivity contribution in [2.24, 2.45) is 0 Å². The molecule has 0 unspecified atom stereocenters. The molecule has 22 heavy (non-hydrogen) atoms. The second-order valence-corrected chi connectivity index (χ2v) is 4.07. The zero-order chi connectivity index (χ0) is 13.9. The standard InChI is InChI=1S/C14H9N4O2.K.H2O/c19-7-11-13-12(17-8-16-11)10(6-15-13)18-14(20)9-4-2-1-3-5-9;;/h1-6,8,15H,(H,18,20);;1H2/q-1;+1;/p-1. The van der Waals surface area contributed by atoms with Gasteiger partial charge in [0.05, 0.1) is 5.69 Å². The van der Waals surface area contributed by atoms with Crippen molar-refractivity contribution in [1.29, 1.82) is 0 Å². The van der Waals surface area contributed by atoms with Crippen LogP contribution in [0.25, 0.3) is 11.0 Å². The van der Waals surface area contributed by atoms with Crippen molar-refractivity contribution in [3.05, 3.63) is 54.1 Å². The van der Waals surface area contributed by atoms with E-state index < -0.39 is 0 Å². The van der Waals surface area contributed by atoms with Crippen LogP contribution in [0.4, 0.5) is 5.69 Å². The van der Waals surface area contributed by atoms with E-state index in [4.69, 9.17) is 0 Å². The molecule has 0 saturated carbocycles. The molecule has 0 aliphatic rings. The second-order valence-electron chi connectivity index (χ2n) is 4.07. The number of benzene rings is 1. The fourth-order valence-electron chi connectivity index (χ4n) is 1.90. The predicted molar refractivity (Wildman–Crippen MR) is 75.0 cm³/mol. The molecule has 0 saturated heterocycles. The molecule has 7 nitrogen and oxygen atoms in total. The first-order valence-corrected chi connectivity index (χ1v) is 5.86. The van der Waals surface area contributed by atoms with Crippen molar-refractivity contribution in [3.63, 3.8) is 0 Å². The first-order valence-electron chi connectivity index (χ1n) is 5.86. The molecule has 0 bridgehead atoms. The Bertz CT molecular complexity index is 789. The topological polar surface area (TPSA) is 118 Å². The zero-order valence-electron chi connectivity index (χ0n) is 11.7. The van der Waals surface area contributed by atoms with E-state index in [0.717, 1.165) is 0 Å². The van der Waals surface area contributed by atoms with Gasteiger partial charge in [-0.3, -0.25) is 14.8 Å². The molecule has 8 heteroatoms. The maximum Gasteiger partial charge on any atom is 1.00 e. The van der Waals surface area contributed by atoms with E-state index in [1.165, 1.54) is 6.33 Å². The van der Waals surface area contributed by atoms with Crippen LogP contribution in [0.5, 0.6) is 0 Å². The third-order valence-corrected chi connectivity index (χ3v) is 2.84. The summed E-state index contributed by atoms with van der Waals surface area (Å²) in [4.78, 5) is 33.5. The maximum absolute atomic E-state index is 12.1. The van der Waals surface area contributed by atoms with Crippen LogP contribution in [-0.4, -0.2) is 32.6 Å². The number of hydrogen-bond donors (Lipinski definition) is 2. The number of hydrogen-bond acceptors (Lipinski definition) is 5. The summed E-state index contributed by atoms with van der Waals surface area (Å²) in [6.45, 7) is 0. The molecule has 0 fully saturated rings. The molecule has 3 N–H and O–H groups in total. The minimum absolute atomic E-state index is 0. The number of amides is 1. The Kier molecular flexibility index (Phi) is 7.00. The van der Waals surface area contributed by atoms with Gasteiger partial charge in [0.2, 0.25) is 0 Å². The first-order chi connectivity index (χ1) is 9.79. The van der Waals surface area contributed by atoms with Gasteiger partial charge in [-0.05, 0) is 17.8 Å². The Balaban J connectivity index is 0.00000121. The number of anilines is 1. The van der Waals surface area contributed by atoms with Crippen LogP contribution in [-0.2, 0) is 4.79 Å². The van der Waals surface area contributed by atoms with Crippen LogP contribution in [0.15, 0.2) is 42.9 Å². The van der Waals surface area contributed by atoms with E-state index in [2.05, 4.69) is 20.3 Å². The Labute approximate surface area is 168 Å². The minimum atomic E-state index is -0.248. The summed E-state index contributed by atoms with van der Waals surface area (Å²) in [5, 5.41) is 2.74. The molecular formula is C14H10KN4O3-. The third kappa shape index (κ3) is 3.66. The van der Waals surface area contributed by atoms with Gasteiger partial charge in [-0.25, -0.2) is 0 Å². The van der Waals surface area contributed by atoms with Crippen LogP contribution in [0.2, 0.25) is 0 Å². The monoisotopic (exact) mass is 321 g/mol. The number of nitrogens with zero attached hydrogens (tertiary/aromatic N) is 2. The van der Waals surface area contributed by atoms with Crippen molar-refractivity contribution < 1.29 is 66.4 Å². The van der Waals surface area contributed by atoms with Gasteiger partial charge in [0.15, 0.2) is 0 Å². The smallest absolute Gasteiger partial charge is 0.870 e. The molecule has 3 aromatic rings. The van der Waals surface area contributed by atoms with E-state index in [9.17, 15) is 9.59 Å². The van der Waals surface area contributed by atoms with Gasteiger partial charge in [0, 0.05) is 23.6 Å². The number of nitrogens with one attached hydrogen (secondary N) is 2. The third-order valence-electron chi connectivity index (χ3n) is 2.84. The van der Waals surface area contributed by atoms with Gasteiger partial charge in [-0.1, -0.05) is 23.7 Å². The molecule has 2 heterocycles.